The maximum absolute atomic E-state index is 3.52. The lowest BCUT2D eigenvalue weighted by molar-refractivity contribution is 0.139. The lowest BCUT2D eigenvalue weighted by atomic mass is 10.0. The zero-order valence-corrected chi connectivity index (χ0v) is 12.7. The number of nitrogens with zero attached hydrogens (tertiary/aromatic N) is 2. The minimum absolute atomic E-state index is 0.816. The van der Waals surface area contributed by atoms with E-state index in [0.29, 0.717) is 0 Å². The molecular weight excluding hydrogens is 264 g/mol. The smallest absolute Gasteiger partial charge is 0.0113 e. The van der Waals surface area contributed by atoms with Crippen LogP contribution in [-0.2, 0) is 0 Å². The summed E-state index contributed by atoms with van der Waals surface area (Å²) in [5.74, 6) is 0.867. The van der Waals surface area contributed by atoms with Gasteiger partial charge >= 0.3 is 0 Å². The second-order valence-corrected chi connectivity index (χ2v) is 6.20. The lowest BCUT2D eigenvalue weighted by Gasteiger charge is -2.35. The topological polar surface area (TPSA) is 6.48 Å². The first-order valence-corrected chi connectivity index (χ1v) is 7.70. The summed E-state index contributed by atoms with van der Waals surface area (Å²) in [7, 11) is 4.41. The average molecular weight is 291 g/mol. The highest BCUT2D eigenvalue weighted by molar-refractivity contribution is 9.09. The van der Waals surface area contributed by atoms with Crippen molar-refractivity contribution in [1.82, 2.24) is 9.80 Å². The number of piperidine rings is 1. The van der Waals surface area contributed by atoms with Crippen molar-refractivity contribution in [2.75, 3.05) is 39.1 Å². The van der Waals surface area contributed by atoms with Crippen molar-refractivity contribution in [2.24, 2.45) is 5.92 Å². The molecule has 1 aliphatic rings. The van der Waals surface area contributed by atoms with Crippen LogP contribution in [0.3, 0.4) is 0 Å². The van der Waals surface area contributed by atoms with Crippen LogP contribution in [0.25, 0.3) is 0 Å². The standard InChI is InChI=1S/C13H27BrN2/c1-12(4-8-14)5-9-16-10-6-13(7-11-16)15(2)3/h12-13H,4-11H2,1-3H3. The maximum atomic E-state index is 3.52. The molecule has 0 aromatic rings. The highest BCUT2D eigenvalue weighted by Crippen LogP contribution is 2.16. The van der Waals surface area contributed by atoms with Gasteiger partial charge in [-0.15, -0.1) is 0 Å². The number of rotatable bonds is 6. The molecule has 1 saturated heterocycles. The first-order valence-electron chi connectivity index (χ1n) is 6.58. The summed E-state index contributed by atoms with van der Waals surface area (Å²) in [5, 5.41) is 1.15. The molecule has 0 spiro atoms. The molecule has 0 bridgehead atoms. The van der Waals surface area contributed by atoms with E-state index in [1.807, 2.05) is 0 Å². The van der Waals surface area contributed by atoms with E-state index in [9.17, 15) is 0 Å². The second-order valence-electron chi connectivity index (χ2n) is 5.41. The van der Waals surface area contributed by atoms with Crippen LogP contribution >= 0.6 is 15.9 Å². The molecule has 0 amide bonds. The molecule has 0 radical (unpaired) electrons. The molecule has 0 saturated carbocycles. The monoisotopic (exact) mass is 290 g/mol. The summed E-state index contributed by atoms with van der Waals surface area (Å²) >= 11 is 3.52. The van der Waals surface area contributed by atoms with Gasteiger partial charge in [-0.05, 0) is 65.3 Å². The van der Waals surface area contributed by atoms with E-state index in [0.717, 1.165) is 17.3 Å². The van der Waals surface area contributed by atoms with Crippen LogP contribution in [-0.4, -0.2) is 54.9 Å². The van der Waals surface area contributed by atoms with Crippen molar-refractivity contribution in [3.05, 3.63) is 0 Å². The number of hydrogen-bond donors (Lipinski definition) is 0. The molecule has 2 nitrogen and oxygen atoms in total. The quantitative estimate of drug-likeness (QED) is 0.694. The largest absolute Gasteiger partial charge is 0.306 e. The summed E-state index contributed by atoms with van der Waals surface area (Å²) in [6.07, 6.45) is 5.37. The first-order chi connectivity index (χ1) is 7.63. The molecule has 1 unspecified atom stereocenters. The van der Waals surface area contributed by atoms with Gasteiger partial charge in [0, 0.05) is 11.4 Å². The van der Waals surface area contributed by atoms with E-state index in [1.165, 1.54) is 45.3 Å². The minimum atomic E-state index is 0.816. The molecule has 1 atom stereocenters. The predicted octanol–water partition coefficient (Wildman–Crippen LogP) is 2.82. The Kier molecular flexibility index (Phi) is 6.94. The first kappa shape index (κ1) is 14.5. The minimum Gasteiger partial charge on any atom is -0.306 e. The van der Waals surface area contributed by atoms with Gasteiger partial charge in [-0.25, -0.2) is 0 Å². The molecule has 1 fully saturated rings. The highest BCUT2D eigenvalue weighted by Gasteiger charge is 2.20. The molecule has 1 rings (SSSR count). The third-order valence-corrected chi connectivity index (χ3v) is 4.29. The SMILES string of the molecule is CC(CCBr)CCN1CCC(N(C)C)CC1. The van der Waals surface area contributed by atoms with Crippen molar-refractivity contribution in [3.63, 3.8) is 0 Å². The summed E-state index contributed by atoms with van der Waals surface area (Å²) in [4.78, 5) is 5.02. The molecular formula is C13H27BrN2. The van der Waals surface area contributed by atoms with Crippen molar-refractivity contribution >= 4 is 15.9 Å². The Hall–Kier alpha value is 0.400. The fourth-order valence-corrected chi connectivity index (χ4v) is 3.17. The van der Waals surface area contributed by atoms with Gasteiger partial charge in [0.05, 0.1) is 0 Å². The van der Waals surface area contributed by atoms with Crippen molar-refractivity contribution in [3.8, 4) is 0 Å². The zero-order chi connectivity index (χ0) is 12.0. The van der Waals surface area contributed by atoms with Crippen LogP contribution in [0.15, 0.2) is 0 Å². The molecule has 0 aliphatic carbocycles. The highest BCUT2D eigenvalue weighted by atomic mass is 79.9. The fraction of sp³-hybridized carbons (Fsp3) is 1.00. The summed E-state index contributed by atoms with van der Waals surface area (Å²) in [6, 6.07) is 0.816. The second kappa shape index (κ2) is 7.67. The Balaban J connectivity index is 2.12. The molecule has 0 aromatic carbocycles. The van der Waals surface area contributed by atoms with Gasteiger partial charge in [0.2, 0.25) is 0 Å². The van der Waals surface area contributed by atoms with Crippen LogP contribution < -0.4 is 0 Å². The number of halogens is 1. The number of alkyl halides is 1. The van der Waals surface area contributed by atoms with Gasteiger partial charge in [-0.3, -0.25) is 0 Å². The van der Waals surface area contributed by atoms with Crippen LogP contribution in [0, 0.1) is 5.92 Å². The molecule has 3 heteroatoms. The number of hydrogen-bond acceptors (Lipinski definition) is 2. The van der Waals surface area contributed by atoms with E-state index in [-0.39, 0.29) is 0 Å². The van der Waals surface area contributed by atoms with Gasteiger partial charge < -0.3 is 9.80 Å². The van der Waals surface area contributed by atoms with Crippen LogP contribution in [0.2, 0.25) is 0 Å². The molecule has 16 heavy (non-hydrogen) atoms. The van der Waals surface area contributed by atoms with Gasteiger partial charge in [0.25, 0.3) is 0 Å². The Morgan fingerprint density at radius 1 is 1.25 bits per heavy atom. The summed E-state index contributed by atoms with van der Waals surface area (Å²) in [5.41, 5.74) is 0. The Morgan fingerprint density at radius 2 is 1.88 bits per heavy atom. The van der Waals surface area contributed by atoms with E-state index >= 15 is 0 Å². The molecule has 0 N–H and O–H groups in total. The van der Waals surface area contributed by atoms with Crippen molar-refractivity contribution in [1.29, 1.82) is 0 Å². The van der Waals surface area contributed by atoms with E-state index < -0.39 is 0 Å². The Bertz CT molecular complexity index is 177. The third kappa shape index (κ3) is 5.15. The zero-order valence-electron chi connectivity index (χ0n) is 11.1. The van der Waals surface area contributed by atoms with Crippen LogP contribution in [0.5, 0.6) is 0 Å². The molecule has 1 aliphatic heterocycles. The number of likely N-dealkylation sites (tertiary alicyclic amines) is 1. The van der Waals surface area contributed by atoms with E-state index in [2.05, 4.69) is 46.7 Å². The molecule has 96 valence electrons. The van der Waals surface area contributed by atoms with Gasteiger partial charge in [0.15, 0.2) is 0 Å². The third-order valence-electron chi connectivity index (χ3n) is 3.83. The van der Waals surface area contributed by atoms with Crippen molar-refractivity contribution in [2.45, 2.75) is 38.6 Å². The summed E-state index contributed by atoms with van der Waals surface area (Å²) < 4.78 is 0. The van der Waals surface area contributed by atoms with E-state index in [4.69, 9.17) is 0 Å². The molecule has 1 heterocycles. The fourth-order valence-electron chi connectivity index (χ4n) is 2.39. The van der Waals surface area contributed by atoms with E-state index in [1.54, 1.807) is 0 Å². The van der Waals surface area contributed by atoms with Gasteiger partial charge in [0.1, 0.15) is 0 Å². The lowest BCUT2D eigenvalue weighted by Crippen LogP contribution is -2.42. The van der Waals surface area contributed by atoms with Gasteiger partial charge in [-0.2, -0.15) is 0 Å². The van der Waals surface area contributed by atoms with Gasteiger partial charge in [-0.1, -0.05) is 22.9 Å². The molecule has 0 aromatic heterocycles. The van der Waals surface area contributed by atoms with Crippen LogP contribution in [0.1, 0.15) is 32.6 Å². The summed E-state index contributed by atoms with van der Waals surface area (Å²) in [6.45, 7) is 6.26. The van der Waals surface area contributed by atoms with Crippen molar-refractivity contribution < 1.29 is 0 Å². The Morgan fingerprint density at radius 3 is 2.38 bits per heavy atom. The normalized spacial score (nSPS) is 21.6. The predicted molar refractivity (Wildman–Crippen MR) is 75.3 cm³/mol. The maximum Gasteiger partial charge on any atom is 0.0113 e. The van der Waals surface area contributed by atoms with Crippen LogP contribution in [0.4, 0.5) is 0 Å². The Labute approximate surface area is 109 Å². The average Bonchev–Trinajstić information content (AvgIpc) is 2.27.